The lowest BCUT2D eigenvalue weighted by Crippen LogP contribution is -2.71. The van der Waals surface area contributed by atoms with Crippen molar-refractivity contribution in [3.63, 3.8) is 0 Å². The Balaban J connectivity index is 3.03. The quantitative estimate of drug-likeness (QED) is 0.667. The lowest BCUT2D eigenvalue weighted by atomic mass is 9.65. The van der Waals surface area contributed by atoms with E-state index < -0.39 is 35.7 Å². The summed E-state index contributed by atoms with van der Waals surface area (Å²) in [5, 5.41) is 17.7. The first-order valence-electron chi connectivity index (χ1n) is 5.29. The van der Waals surface area contributed by atoms with Crippen molar-refractivity contribution in [1.82, 2.24) is 0 Å². The van der Waals surface area contributed by atoms with E-state index in [-0.39, 0.29) is 13.2 Å². The molecule has 1 aliphatic carbocycles. The maximum Gasteiger partial charge on any atom is 0.313 e. The van der Waals surface area contributed by atoms with E-state index in [2.05, 4.69) is 0 Å². The summed E-state index contributed by atoms with van der Waals surface area (Å²) in [4.78, 5) is 21.8. The summed E-state index contributed by atoms with van der Waals surface area (Å²) in [5.41, 5.74) is 0. The molecule has 0 aromatic rings. The monoisotopic (exact) mass is 250 g/mol. The van der Waals surface area contributed by atoms with Crippen molar-refractivity contribution in [1.29, 1.82) is 0 Å². The highest BCUT2D eigenvalue weighted by Gasteiger charge is 2.71. The van der Waals surface area contributed by atoms with Gasteiger partial charge in [-0.3, -0.25) is 9.59 Å². The van der Waals surface area contributed by atoms with E-state index in [9.17, 15) is 14.0 Å². The van der Waals surface area contributed by atoms with Crippen molar-refractivity contribution in [2.45, 2.75) is 25.8 Å². The molecule has 0 amide bonds. The first kappa shape index (κ1) is 13.9. The summed E-state index contributed by atoms with van der Waals surface area (Å²) in [5.74, 6) is -8.08. The van der Waals surface area contributed by atoms with Crippen molar-refractivity contribution < 1.29 is 33.7 Å². The average molecular weight is 250 g/mol. The molecule has 0 heterocycles. The van der Waals surface area contributed by atoms with Crippen LogP contribution in [0.5, 0.6) is 0 Å². The zero-order valence-corrected chi connectivity index (χ0v) is 9.55. The van der Waals surface area contributed by atoms with E-state index in [1.165, 1.54) is 0 Å². The summed E-state index contributed by atoms with van der Waals surface area (Å²) < 4.78 is 23.9. The molecule has 17 heavy (non-hydrogen) atoms. The Kier molecular flexibility index (Phi) is 4.05. The van der Waals surface area contributed by atoms with Crippen LogP contribution < -0.4 is 0 Å². The Morgan fingerprint density at radius 1 is 1.18 bits per heavy atom. The number of carbonyl (C=O) groups is 2. The zero-order chi connectivity index (χ0) is 13.2. The average Bonchev–Trinajstić information content (AvgIpc) is 2.23. The molecule has 1 rings (SSSR count). The van der Waals surface area contributed by atoms with Gasteiger partial charge in [-0.2, -0.15) is 0 Å². The molecule has 98 valence electrons. The molecule has 1 saturated carbocycles. The number of carboxylic acid groups (broad SMARTS) is 2. The predicted molar refractivity (Wildman–Crippen MR) is 53.1 cm³/mol. The molecule has 1 aliphatic rings. The fourth-order valence-corrected chi connectivity index (χ4v) is 2.15. The van der Waals surface area contributed by atoms with Gasteiger partial charge in [0, 0.05) is 13.2 Å². The standard InChI is InChI=1S/C10H15FO6/c1-3-16-10(17-4-2)6(9(14)15)5(7(10)11)8(12)13/h5-7H,3-4H2,1-2H3,(H,12,13)(H,14,15)/t5-,6?,7?/m1/s1. The number of aliphatic carboxylic acids is 2. The fraction of sp³-hybridized carbons (Fsp3) is 0.800. The third-order valence-corrected chi connectivity index (χ3v) is 2.78. The van der Waals surface area contributed by atoms with E-state index in [1.54, 1.807) is 13.8 Å². The van der Waals surface area contributed by atoms with Crippen molar-refractivity contribution in [2.24, 2.45) is 11.8 Å². The van der Waals surface area contributed by atoms with Crippen LogP contribution in [-0.2, 0) is 19.1 Å². The molecule has 0 radical (unpaired) electrons. The van der Waals surface area contributed by atoms with Crippen LogP contribution in [0, 0.1) is 11.8 Å². The molecule has 1 fully saturated rings. The molecule has 3 atom stereocenters. The Bertz CT molecular complexity index is 312. The van der Waals surface area contributed by atoms with Gasteiger partial charge >= 0.3 is 11.9 Å². The molecule has 2 N–H and O–H groups in total. The summed E-state index contributed by atoms with van der Waals surface area (Å²) in [6, 6.07) is 0. The van der Waals surface area contributed by atoms with Crippen LogP contribution in [0.2, 0.25) is 0 Å². The SMILES string of the molecule is CCOC1(OCC)C(F)[C@H](C(=O)O)C1C(=O)O. The second-order valence-electron chi connectivity index (χ2n) is 3.67. The molecular weight excluding hydrogens is 235 g/mol. The number of hydrogen-bond donors (Lipinski definition) is 2. The maximum absolute atomic E-state index is 13.8. The second kappa shape index (κ2) is 4.97. The number of hydrogen-bond acceptors (Lipinski definition) is 4. The Hall–Kier alpha value is -1.21. The number of alkyl halides is 1. The molecule has 6 nitrogen and oxygen atoms in total. The van der Waals surface area contributed by atoms with Crippen molar-refractivity contribution in [3.05, 3.63) is 0 Å². The fourth-order valence-electron chi connectivity index (χ4n) is 2.15. The summed E-state index contributed by atoms with van der Waals surface area (Å²) in [6.45, 7) is 3.19. The molecule has 2 unspecified atom stereocenters. The van der Waals surface area contributed by atoms with Crippen LogP contribution in [0.4, 0.5) is 4.39 Å². The minimum atomic E-state index is -1.99. The van der Waals surface area contributed by atoms with Gasteiger partial charge in [-0.1, -0.05) is 0 Å². The van der Waals surface area contributed by atoms with E-state index >= 15 is 0 Å². The molecule has 7 heteroatoms. The van der Waals surface area contributed by atoms with E-state index in [0.29, 0.717) is 0 Å². The molecular formula is C10H15FO6. The Morgan fingerprint density at radius 3 is 1.94 bits per heavy atom. The lowest BCUT2D eigenvalue weighted by Gasteiger charge is -2.52. The highest BCUT2D eigenvalue weighted by molar-refractivity contribution is 5.84. The van der Waals surface area contributed by atoms with E-state index in [1.807, 2.05) is 0 Å². The van der Waals surface area contributed by atoms with Crippen molar-refractivity contribution in [2.75, 3.05) is 13.2 Å². The van der Waals surface area contributed by atoms with Gasteiger partial charge in [-0.15, -0.1) is 0 Å². The normalized spacial score (nSPS) is 30.6. The molecule has 0 aliphatic heterocycles. The predicted octanol–water partition coefficient (Wildman–Crippen LogP) is 0.509. The number of carboxylic acids is 2. The van der Waals surface area contributed by atoms with Gasteiger partial charge in [0.15, 0.2) is 6.17 Å². The van der Waals surface area contributed by atoms with Gasteiger partial charge in [0.2, 0.25) is 5.79 Å². The number of ether oxygens (including phenoxy) is 2. The highest BCUT2D eigenvalue weighted by Crippen LogP contribution is 2.50. The number of rotatable bonds is 6. The molecule has 0 saturated heterocycles. The van der Waals surface area contributed by atoms with Crippen LogP contribution in [0.25, 0.3) is 0 Å². The molecule has 0 spiro atoms. The third-order valence-electron chi connectivity index (χ3n) is 2.78. The van der Waals surface area contributed by atoms with E-state index in [0.717, 1.165) is 0 Å². The molecule has 0 aromatic heterocycles. The topological polar surface area (TPSA) is 93.1 Å². The van der Waals surface area contributed by atoms with Crippen LogP contribution in [0.1, 0.15) is 13.8 Å². The van der Waals surface area contributed by atoms with Gasteiger partial charge < -0.3 is 19.7 Å². The van der Waals surface area contributed by atoms with Crippen LogP contribution in [0.15, 0.2) is 0 Å². The first-order chi connectivity index (χ1) is 7.92. The maximum atomic E-state index is 13.8. The van der Waals surface area contributed by atoms with Gasteiger partial charge in [-0.05, 0) is 13.8 Å². The second-order valence-corrected chi connectivity index (χ2v) is 3.67. The number of halogens is 1. The van der Waals surface area contributed by atoms with Crippen molar-refractivity contribution >= 4 is 11.9 Å². The minimum Gasteiger partial charge on any atom is -0.481 e. The largest absolute Gasteiger partial charge is 0.481 e. The summed E-state index contributed by atoms with van der Waals surface area (Å²) in [7, 11) is 0. The van der Waals surface area contributed by atoms with Gasteiger partial charge in [0.05, 0.1) is 0 Å². The Labute approximate surface area is 97.3 Å². The van der Waals surface area contributed by atoms with Crippen molar-refractivity contribution in [3.8, 4) is 0 Å². The Morgan fingerprint density at radius 2 is 1.65 bits per heavy atom. The smallest absolute Gasteiger partial charge is 0.313 e. The first-order valence-corrected chi connectivity index (χ1v) is 5.29. The van der Waals surface area contributed by atoms with Crippen LogP contribution in [0.3, 0.4) is 0 Å². The van der Waals surface area contributed by atoms with Gasteiger partial charge in [0.25, 0.3) is 0 Å². The minimum absolute atomic E-state index is 0.0382. The van der Waals surface area contributed by atoms with Gasteiger partial charge in [-0.25, -0.2) is 4.39 Å². The molecule has 0 aromatic carbocycles. The molecule has 0 bridgehead atoms. The lowest BCUT2D eigenvalue weighted by molar-refractivity contribution is -0.354. The van der Waals surface area contributed by atoms with E-state index in [4.69, 9.17) is 19.7 Å². The third kappa shape index (κ3) is 2.00. The summed E-state index contributed by atoms with van der Waals surface area (Å²) in [6.07, 6.45) is -1.99. The van der Waals surface area contributed by atoms with Crippen LogP contribution >= 0.6 is 0 Å². The van der Waals surface area contributed by atoms with Gasteiger partial charge in [0.1, 0.15) is 11.8 Å². The highest BCUT2D eigenvalue weighted by atomic mass is 19.1. The van der Waals surface area contributed by atoms with Crippen LogP contribution in [-0.4, -0.2) is 47.3 Å². The zero-order valence-electron chi connectivity index (χ0n) is 9.55. The summed E-state index contributed by atoms with van der Waals surface area (Å²) >= 11 is 0.